The van der Waals surface area contributed by atoms with Crippen LogP contribution in [0.25, 0.3) is 11.1 Å². The van der Waals surface area contributed by atoms with Crippen molar-refractivity contribution in [2.24, 2.45) is 0 Å². The number of pyridine rings is 1. The molecule has 2 N–H and O–H groups in total. The number of nitrogens with zero attached hydrogens (tertiary/aromatic N) is 3. The Kier molecular flexibility index (Phi) is 4.94. The molecule has 1 aliphatic heterocycles. The van der Waals surface area contributed by atoms with E-state index < -0.39 is 0 Å². The molecule has 2 fully saturated rings. The summed E-state index contributed by atoms with van der Waals surface area (Å²) in [6, 6.07) is 10.5. The maximum Gasteiger partial charge on any atom is 0.251 e. The van der Waals surface area contributed by atoms with Crippen LogP contribution in [0, 0.1) is 5.82 Å². The molecule has 1 amide bonds. The van der Waals surface area contributed by atoms with Gasteiger partial charge in [0.15, 0.2) is 0 Å². The van der Waals surface area contributed by atoms with Crippen LogP contribution in [0.3, 0.4) is 0 Å². The zero-order valence-corrected chi connectivity index (χ0v) is 16.6. The van der Waals surface area contributed by atoms with Gasteiger partial charge in [0.1, 0.15) is 11.6 Å². The van der Waals surface area contributed by atoms with E-state index in [-0.39, 0.29) is 17.6 Å². The fourth-order valence-electron chi connectivity index (χ4n) is 4.12. The Labute approximate surface area is 174 Å². The first kappa shape index (κ1) is 18.8. The predicted octanol–water partition coefficient (Wildman–Crippen LogP) is 3.89. The lowest BCUT2D eigenvalue weighted by molar-refractivity contribution is 0.0951. The molecule has 0 unspecified atom stereocenters. The minimum absolute atomic E-state index is 0.0260. The van der Waals surface area contributed by atoms with Crippen molar-refractivity contribution in [3.63, 3.8) is 0 Å². The van der Waals surface area contributed by atoms with Crippen LogP contribution in [0.15, 0.2) is 48.8 Å². The highest BCUT2D eigenvalue weighted by atomic mass is 19.1. The maximum atomic E-state index is 13.3. The number of benzene rings is 1. The summed E-state index contributed by atoms with van der Waals surface area (Å²) < 4.78 is 13.3. The van der Waals surface area contributed by atoms with Crippen LogP contribution in [-0.4, -0.2) is 40.2 Å². The summed E-state index contributed by atoms with van der Waals surface area (Å²) in [7, 11) is 0. The summed E-state index contributed by atoms with van der Waals surface area (Å²) in [4.78, 5) is 19.2. The highest BCUT2D eigenvalue weighted by Gasteiger charge is 2.27. The van der Waals surface area contributed by atoms with Gasteiger partial charge in [-0.15, -0.1) is 0 Å². The number of H-pyrrole nitrogens is 1. The van der Waals surface area contributed by atoms with E-state index >= 15 is 0 Å². The third kappa shape index (κ3) is 3.92. The fraction of sp³-hybridized carbons (Fsp3) is 0.348. The van der Waals surface area contributed by atoms with Gasteiger partial charge < -0.3 is 10.2 Å². The molecule has 5 rings (SSSR count). The maximum absolute atomic E-state index is 13.3. The molecule has 154 valence electrons. The molecule has 3 heterocycles. The second-order valence-corrected chi connectivity index (χ2v) is 8.14. The lowest BCUT2D eigenvalue weighted by atomic mass is 9.90. The Morgan fingerprint density at radius 3 is 2.80 bits per heavy atom. The average Bonchev–Trinajstić information content (AvgIpc) is 3.46. The Morgan fingerprint density at radius 1 is 1.17 bits per heavy atom. The van der Waals surface area contributed by atoms with E-state index in [1.54, 1.807) is 24.4 Å². The van der Waals surface area contributed by atoms with E-state index in [9.17, 15) is 9.18 Å². The molecule has 7 heteroatoms. The summed E-state index contributed by atoms with van der Waals surface area (Å²) in [5.74, 6) is 0.809. The van der Waals surface area contributed by atoms with Gasteiger partial charge >= 0.3 is 0 Å². The number of amides is 1. The molecule has 0 spiro atoms. The molecule has 1 saturated heterocycles. The summed E-state index contributed by atoms with van der Waals surface area (Å²) in [6.07, 6.45) is 7.71. The molecule has 6 nitrogen and oxygen atoms in total. The SMILES string of the molecule is O=C(NC1CC1)c1ccnc(N2CCC[C@@H](c3[nH]ncc3-c3ccc(F)cc3)C2)c1. The average molecular weight is 405 g/mol. The first-order valence-corrected chi connectivity index (χ1v) is 10.5. The lowest BCUT2D eigenvalue weighted by Gasteiger charge is -2.33. The van der Waals surface area contributed by atoms with Crippen LogP contribution in [0.4, 0.5) is 10.2 Å². The third-order valence-corrected chi connectivity index (χ3v) is 5.90. The number of carbonyl (C=O) groups is 1. The van der Waals surface area contributed by atoms with E-state index in [4.69, 9.17) is 0 Å². The summed E-state index contributed by atoms with van der Waals surface area (Å²) in [5.41, 5.74) is 3.68. The second kappa shape index (κ2) is 7.89. The van der Waals surface area contributed by atoms with Crippen LogP contribution >= 0.6 is 0 Å². The van der Waals surface area contributed by atoms with Gasteiger partial charge in [-0.05, 0) is 55.5 Å². The Hall–Kier alpha value is -3.22. The molecule has 0 bridgehead atoms. The minimum Gasteiger partial charge on any atom is -0.356 e. The van der Waals surface area contributed by atoms with Crippen molar-refractivity contribution in [1.82, 2.24) is 20.5 Å². The monoisotopic (exact) mass is 405 g/mol. The molecule has 30 heavy (non-hydrogen) atoms. The van der Waals surface area contributed by atoms with Gasteiger partial charge in [0.2, 0.25) is 0 Å². The van der Waals surface area contributed by atoms with E-state index in [2.05, 4.69) is 25.4 Å². The fourth-order valence-corrected chi connectivity index (χ4v) is 4.12. The van der Waals surface area contributed by atoms with Crippen molar-refractivity contribution in [2.75, 3.05) is 18.0 Å². The second-order valence-electron chi connectivity index (χ2n) is 8.14. The number of anilines is 1. The molecule has 1 atom stereocenters. The highest BCUT2D eigenvalue weighted by molar-refractivity contribution is 5.95. The normalized spacial score (nSPS) is 19.0. The van der Waals surface area contributed by atoms with E-state index in [0.717, 1.165) is 61.4 Å². The van der Waals surface area contributed by atoms with E-state index in [0.29, 0.717) is 11.6 Å². The standard InChI is InChI=1S/C23H24FN5O/c24-18-5-3-15(4-6-18)20-13-26-28-22(20)17-2-1-11-29(14-17)21-12-16(9-10-25-21)23(30)27-19-7-8-19/h3-6,9-10,12-13,17,19H,1-2,7-8,11,14H2,(H,26,28)(H,27,30)/t17-/m1/s1. The van der Waals surface area contributed by atoms with Gasteiger partial charge in [-0.3, -0.25) is 9.89 Å². The molecule has 2 aromatic heterocycles. The smallest absolute Gasteiger partial charge is 0.251 e. The lowest BCUT2D eigenvalue weighted by Crippen LogP contribution is -2.35. The molecular weight excluding hydrogens is 381 g/mol. The highest BCUT2D eigenvalue weighted by Crippen LogP contribution is 2.34. The number of hydrogen-bond donors (Lipinski definition) is 2. The van der Waals surface area contributed by atoms with Gasteiger partial charge in [0, 0.05) is 48.1 Å². The van der Waals surface area contributed by atoms with Gasteiger partial charge in [-0.2, -0.15) is 5.10 Å². The first-order valence-electron chi connectivity index (χ1n) is 10.5. The quantitative estimate of drug-likeness (QED) is 0.676. The summed E-state index contributed by atoms with van der Waals surface area (Å²) in [5, 5.41) is 10.5. The van der Waals surface area contributed by atoms with Crippen LogP contribution in [-0.2, 0) is 0 Å². The number of halogens is 1. The van der Waals surface area contributed by atoms with Crippen molar-refractivity contribution in [1.29, 1.82) is 0 Å². The molecule has 2 aliphatic rings. The van der Waals surface area contributed by atoms with Crippen molar-refractivity contribution >= 4 is 11.7 Å². The molecular formula is C23H24FN5O. The number of aromatic amines is 1. The zero-order valence-electron chi connectivity index (χ0n) is 16.6. The van der Waals surface area contributed by atoms with Crippen LogP contribution in [0.5, 0.6) is 0 Å². The number of rotatable bonds is 5. The predicted molar refractivity (Wildman–Crippen MR) is 113 cm³/mol. The largest absolute Gasteiger partial charge is 0.356 e. The Balaban J connectivity index is 1.35. The zero-order chi connectivity index (χ0) is 20.5. The van der Waals surface area contributed by atoms with Gasteiger partial charge in [-0.1, -0.05) is 12.1 Å². The van der Waals surface area contributed by atoms with Crippen molar-refractivity contribution in [2.45, 2.75) is 37.6 Å². The van der Waals surface area contributed by atoms with E-state index in [1.165, 1.54) is 12.1 Å². The Bertz CT molecular complexity index is 1040. The molecule has 3 aromatic rings. The number of piperidine rings is 1. The van der Waals surface area contributed by atoms with Gasteiger partial charge in [0.25, 0.3) is 5.91 Å². The summed E-state index contributed by atoms with van der Waals surface area (Å²) >= 11 is 0. The summed E-state index contributed by atoms with van der Waals surface area (Å²) in [6.45, 7) is 1.69. The molecule has 1 aliphatic carbocycles. The van der Waals surface area contributed by atoms with E-state index in [1.807, 2.05) is 12.3 Å². The van der Waals surface area contributed by atoms with Crippen LogP contribution in [0.2, 0.25) is 0 Å². The molecule has 1 aromatic carbocycles. The topological polar surface area (TPSA) is 73.9 Å². The van der Waals surface area contributed by atoms with Crippen molar-refractivity contribution < 1.29 is 9.18 Å². The van der Waals surface area contributed by atoms with Crippen molar-refractivity contribution in [3.8, 4) is 11.1 Å². The van der Waals surface area contributed by atoms with Crippen LogP contribution < -0.4 is 10.2 Å². The number of hydrogen-bond acceptors (Lipinski definition) is 4. The third-order valence-electron chi connectivity index (χ3n) is 5.90. The minimum atomic E-state index is -0.246. The number of carbonyl (C=O) groups excluding carboxylic acids is 1. The van der Waals surface area contributed by atoms with Gasteiger partial charge in [0.05, 0.1) is 6.20 Å². The molecule has 1 saturated carbocycles. The first-order chi connectivity index (χ1) is 14.7. The molecule has 0 radical (unpaired) electrons. The van der Waals surface area contributed by atoms with Crippen molar-refractivity contribution in [3.05, 3.63) is 65.9 Å². The Morgan fingerprint density at radius 2 is 2.00 bits per heavy atom. The number of aromatic nitrogens is 3. The number of nitrogens with one attached hydrogen (secondary N) is 2. The van der Waals surface area contributed by atoms with Crippen LogP contribution in [0.1, 0.15) is 47.7 Å². The van der Waals surface area contributed by atoms with Gasteiger partial charge in [-0.25, -0.2) is 9.37 Å².